The van der Waals surface area contributed by atoms with Crippen LogP contribution >= 0.6 is 11.3 Å². The Morgan fingerprint density at radius 2 is 2.33 bits per heavy atom. The third-order valence-corrected chi connectivity index (χ3v) is 3.09. The van der Waals surface area contributed by atoms with Crippen molar-refractivity contribution in [2.45, 2.75) is 6.61 Å². The largest absolute Gasteiger partial charge is 0.496 e. The van der Waals surface area contributed by atoms with Gasteiger partial charge < -0.3 is 19.0 Å². The molecule has 0 fully saturated rings. The van der Waals surface area contributed by atoms with Gasteiger partial charge in [0.25, 0.3) is 0 Å². The maximum Gasteiger partial charge on any atom is 0.373 e. The lowest BCUT2D eigenvalue weighted by molar-refractivity contribution is 0.0656. The summed E-state index contributed by atoms with van der Waals surface area (Å²) in [6, 6.07) is 1.73. The molecule has 1 N–H and O–H groups in total. The predicted octanol–water partition coefficient (Wildman–Crippen LogP) is 2.26. The number of methoxy groups -OCH3 is 2. The number of carbonyl (C=O) groups is 1. The molecule has 0 aromatic carbocycles. The number of ether oxygens (including phenoxy) is 2. The van der Waals surface area contributed by atoms with Crippen LogP contribution in [0.2, 0.25) is 0 Å². The van der Waals surface area contributed by atoms with Gasteiger partial charge in [-0.15, -0.1) is 11.3 Å². The third-order valence-electron chi connectivity index (χ3n) is 2.19. The van der Waals surface area contributed by atoms with E-state index in [1.165, 1.54) is 18.4 Å². The number of aromatic nitrogens is 1. The maximum atomic E-state index is 11.0. The number of hydrogen-bond donors (Lipinski definition) is 1. The first kappa shape index (κ1) is 12.6. The summed E-state index contributed by atoms with van der Waals surface area (Å²) in [4.78, 5) is 15.8. The standard InChI is InChI=1S/C11H11NO5S/c1-15-4-7-9(11(13)14)17-10(12-7)8-3-6(16-2)5-18-8/h3,5H,4H2,1-2H3,(H,13,14). The van der Waals surface area contributed by atoms with E-state index in [1.54, 1.807) is 18.6 Å². The fraction of sp³-hybridized carbons (Fsp3) is 0.273. The molecule has 0 atom stereocenters. The number of thiophene rings is 1. The van der Waals surface area contributed by atoms with Crippen molar-refractivity contribution < 1.29 is 23.8 Å². The summed E-state index contributed by atoms with van der Waals surface area (Å²) in [5.74, 6) is -0.422. The monoisotopic (exact) mass is 269 g/mol. The van der Waals surface area contributed by atoms with Crippen molar-refractivity contribution >= 4 is 17.3 Å². The third kappa shape index (κ3) is 2.36. The molecule has 2 aromatic rings. The van der Waals surface area contributed by atoms with Gasteiger partial charge >= 0.3 is 5.97 Å². The van der Waals surface area contributed by atoms with Crippen LogP contribution in [0.25, 0.3) is 10.8 Å². The quantitative estimate of drug-likeness (QED) is 0.896. The predicted molar refractivity (Wildman–Crippen MR) is 64.0 cm³/mol. The molecule has 0 aliphatic rings. The van der Waals surface area contributed by atoms with Gasteiger partial charge in [-0.05, 0) is 0 Å². The first-order chi connectivity index (χ1) is 8.65. The molecule has 2 heterocycles. The van der Waals surface area contributed by atoms with E-state index < -0.39 is 5.97 Å². The van der Waals surface area contributed by atoms with Crippen LogP contribution in [-0.4, -0.2) is 30.3 Å². The Morgan fingerprint density at radius 3 is 2.89 bits per heavy atom. The van der Waals surface area contributed by atoms with Crippen LogP contribution in [0.1, 0.15) is 16.2 Å². The summed E-state index contributed by atoms with van der Waals surface area (Å²) in [5, 5.41) is 10.8. The van der Waals surface area contributed by atoms with Crippen LogP contribution in [0.3, 0.4) is 0 Å². The molecule has 0 unspecified atom stereocenters. The molecule has 0 saturated heterocycles. The van der Waals surface area contributed by atoms with Crippen molar-refractivity contribution in [2.24, 2.45) is 0 Å². The highest BCUT2D eigenvalue weighted by atomic mass is 32.1. The lowest BCUT2D eigenvalue weighted by atomic mass is 10.3. The van der Waals surface area contributed by atoms with Crippen molar-refractivity contribution in [2.75, 3.05) is 14.2 Å². The van der Waals surface area contributed by atoms with Crippen molar-refractivity contribution in [3.63, 3.8) is 0 Å². The Morgan fingerprint density at radius 1 is 1.56 bits per heavy atom. The van der Waals surface area contributed by atoms with Crippen LogP contribution in [0.4, 0.5) is 0 Å². The molecule has 96 valence electrons. The normalized spacial score (nSPS) is 10.6. The van der Waals surface area contributed by atoms with Gasteiger partial charge in [-0.3, -0.25) is 0 Å². The molecule has 7 heteroatoms. The van der Waals surface area contributed by atoms with Crippen LogP contribution in [-0.2, 0) is 11.3 Å². The molecule has 0 bridgehead atoms. The van der Waals surface area contributed by atoms with Crippen molar-refractivity contribution in [1.82, 2.24) is 4.98 Å². The second-order valence-electron chi connectivity index (χ2n) is 3.38. The van der Waals surface area contributed by atoms with Gasteiger partial charge in [0.05, 0.1) is 18.6 Å². The fourth-order valence-electron chi connectivity index (χ4n) is 1.40. The summed E-state index contributed by atoms with van der Waals surface area (Å²) in [6.45, 7) is 0.0909. The van der Waals surface area contributed by atoms with Crippen molar-refractivity contribution in [1.29, 1.82) is 0 Å². The minimum absolute atomic E-state index is 0.0909. The fourth-order valence-corrected chi connectivity index (χ4v) is 2.18. The first-order valence-corrected chi connectivity index (χ1v) is 5.88. The van der Waals surface area contributed by atoms with Crippen molar-refractivity contribution in [3.05, 3.63) is 22.9 Å². The zero-order valence-electron chi connectivity index (χ0n) is 9.80. The number of carboxylic acids is 1. The molecule has 0 radical (unpaired) electrons. The minimum Gasteiger partial charge on any atom is -0.496 e. The van der Waals surface area contributed by atoms with Crippen LogP contribution < -0.4 is 4.74 Å². The van der Waals surface area contributed by atoms with E-state index in [9.17, 15) is 4.79 Å². The molecular weight excluding hydrogens is 258 g/mol. The topological polar surface area (TPSA) is 81.8 Å². The van der Waals surface area contributed by atoms with Gasteiger partial charge in [0.2, 0.25) is 11.7 Å². The van der Waals surface area contributed by atoms with E-state index in [2.05, 4.69) is 4.98 Å². The van der Waals surface area contributed by atoms with E-state index in [1.807, 2.05) is 0 Å². The van der Waals surface area contributed by atoms with E-state index in [4.69, 9.17) is 19.0 Å². The van der Waals surface area contributed by atoms with Crippen molar-refractivity contribution in [3.8, 4) is 16.5 Å². The highest BCUT2D eigenvalue weighted by Gasteiger charge is 2.21. The molecule has 0 saturated carbocycles. The summed E-state index contributed by atoms with van der Waals surface area (Å²) in [5.41, 5.74) is 0.271. The average Bonchev–Trinajstić information content (AvgIpc) is 2.94. The average molecular weight is 269 g/mol. The number of carboxylic acid groups (broad SMARTS) is 1. The van der Waals surface area contributed by atoms with Gasteiger partial charge in [-0.2, -0.15) is 0 Å². The number of hydrogen-bond acceptors (Lipinski definition) is 6. The van der Waals surface area contributed by atoms with Crippen LogP contribution in [0, 0.1) is 0 Å². The van der Waals surface area contributed by atoms with E-state index in [-0.39, 0.29) is 24.0 Å². The number of aromatic carboxylic acids is 1. The summed E-state index contributed by atoms with van der Waals surface area (Å²) in [7, 11) is 3.02. The summed E-state index contributed by atoms with van der Waals surface area (Å²) >= 11 is 1.36. The van der Waals surface area contributed by atoms with Gasteiger partial charge in [0, 0.05) is 18.6 Å². The number of oxazole rings is 1. The lowest BCUT2D eigenvalue weighted by Gasteiger charge is -1.92. The summed E-state index contributed by atoms with van der Waals surface area (Å²) in [6.07, 6.45) is 0. The summed E-state index contributed by atoms with van der Waals surface area (Å²) < 4.78 is 15.2. The molecule has 0 spiro atoms. The molecule has 6 nitrogen and oxygen atoms in total. The Bertz CT molecular complexity index is 560. The second kappa shape index (κ2) is 5.19. The van der Waals surface area contributed by atoms with E-state index in [0.29, 0.717) is 10.6 Å². The van der Waals surface area contributed by atoms with E-state index in [0.717, 1.165) is 0 Å². The minimum atomic E-state index is -1.16. The molecule has 2 rings (SSSR count). The van der Waals surface area contributed by atoms with Gasteiger partial charge in [0.15, 0.2) is 0 Å². The molecule has 0 aliphatic carbocycles. The zero-order valence-corrected chi connectivity index (χ0v) is 10.6. The molecule has 0 amide bonds. The molecule has 0 aliphatic heterocycles. The Balaban J connectivity index is 2.39. The maximum absolute atomic E-state index is 11.0. The second-order valence-corrected chi connectivity index (χ2v) is 4.30. The highest BCUT2D eigenvalue weighted by molar-refractivity contribution is 7.13. The van der Waals surface area contributed by atoms with Gasteiger partial charge in [0.1, 0.15) is 11.4 Å². The molecule has 2 aromatic heterocycles. The highest BCUT2D eigenvalue weighted by Crippen LogP contribution is 2.31. The Labute approximate surface area is 107 Å². The van der Waals surface area contributed by atoms with Crippen LogP contribution in [0.15, 0.2) is 15.9 Å². The lowest BCUT2D eigenvalue weighted by Crippen LogP contribution is -2.00. The van der Waals surface area contributed by atoms with Gasteiger partial charge in [-0.1, -0.05) is 0 Å². The molecule has 18 heavy (non-hydrogen) atoms. The Hall–Kier alpha value is -1.86. The Kier molecular flexibility index (Phi) is 3.63. The van der Waals surface area contributed by atoms with Crippen LogP contribution in [0.5, 0.6) is 5.75 Å². The smallest absolute Gasteiger partial charge is 0.373 e. The molecular formula is C11H11NO5S. The van der Waals surface area contributed by atoms with E-state index >= 15 is 0 Å². The first-order valence-electron chi connectivity index (χ1n) is 5.00. The number of nitrogens with zero attached hydrogens (tertiary/aromatic N) is 1. The number of rotatable bonds is 5. The zero-order chi connectivity index (χ0) is 13.1. The SMILES string of the molecule is COCc1nc(-c2cc(OC)cs2)oc1C(=O)O. The van der Waals surface area contributed by atoms with Gasteiger partial charge in [-0.25, -0.2) is 9.78 Å².